The minimum absolute atomic E-state index is 0.290. The Morgan fingerprint density at radius 3 is 2.73 bits per heavy atom. The van der Waals surface area contributed by atoms with Crippen molar-refractivity contribution in [2.45, 2.75) is 6.92 Å². The van der Waals surface area contributed by atoms with Crippen molar-refractivity contribution in [3.8, 4) is 16.3 Å². The molecular formula is C18H19N5O2S. The van der Waals surface area contributed by atoms with E-state index in [-0.39, 0.29) is 5.91 Å². The monoisotopic (exact) mass is 369 g/mol. The molecule has 3 aromatic rings. The normalized spacial score (nSPS) is 10.5. The average Bonchev–Trinajstić information content (AvgIpc) is 3.09. The zero-order chi connectivity index (χ0) is 18.7. The number of rotatable bonds is 5. The number of ether oxygens (including phenoxy) is 1. The Morgan fingerprint density at radius 2 is 2.04 bits per heavy atom. The Bertz CT molecular complexity index is 939. The molecule has 0 aliphatic rings. The third-order valence-electron chi connectivity index (χ3n) is 3.76. The zero-order valence-corrected chi connectivity index (χ0v) is 15.8. The lowest BCUT2D eigenvalue weighted by Crippen LogP contribution is -2.14. The van der Waals surface area contributed by atoms with Crippen LogP contribution in [0.4, 0.5) is 10.8 Å². The third kappa shape index (κ3) is 3.80. The van der Waals surface area contributed by atoms with Crippen molar-refractivity contribution in [2.75, 3.05) is 31.4 Å². The fourth-order valence-corrected chi connectivity index (χ4v) is 2.99. The number of anilines is 2. The predicted octanol–water partition coefficient (Wildman–Crippen LogP) is 3.24. The Balaban J connectivity index is 1.97. The average molecular weight is 369 g/mol. The molecule has 0 spiro atoms. The van der Waals surface area contributed by atoms with Crippen LogP contribution in [-0.4, -0.2) is 42.3 Å². The number of carbonyl (C=O) groups is 1. The Kier molecular flexibility index (Phi) is 5.13. The van der Waals surface area contributed by atoms with Crippen LogP contribution < -0.4 is 15.0 Å². The molecule has 0 bridgehead atoms. The van der Waals surface area contributed by atoms with Crippen LogP contribution in [0.1, 0.15) is 16.1 Å². The van der Waals surface area contributed by atoms with E-state index >= 15 is 0 Å². The molecule has 2 aromatic heterocycles. The lowest BCUT2D eigenvalue weighted by atomic mass is 9.99. The first-order valence-electron chi connectivity index (χ1n) is 7.91. The van der Waals surface area contributed by atoms with E-state index in [1.54, 1.807) is 6.20 Å². The van der Waals surface area contributed by atoms with Gasteiger partial charge in [0.1, 0.15) is 0 Å². The molecule has 0 aliphatic carbocycles. The quantitative estimate of drug-likeness (QED) is 0.744. The first-order chi connectivity index (χ1) is 12.5. The van der Waals surface area contributed by atoms with Crippen molar-refractivity contribution in [3.63, 3.8) is 0 Å². The highest BCUT2D eigenvalue weighted by atomic mass is 32.1. The van der Waals surface area contributed by atoms with Gasteiger partial charge < -0.3 is 9.64 Å². The highest BCUT2D eigenvalue weighted by Crippen LogP contribution is 2.29. The number of nitrogens with zero attached hydrogens (tertiary/aromatic N) is 4. The molecule has 7 nitrogen and oxygen atoms in total. The molecule has 134 valence electrons. The fraction of sp³-hybridized carbons (Fsp3) is 0.222. The van der Waals surface area contributed by atoms with Gasteiger partial charge in [0, 0.05) is 31.7 Å². The van der Waals surface area contributed by atoms with E-state index in [1.807, 2.05) is 56.3 Å². The lowest BCUT2D eigenvalue weighted by Gasteiger charge is -2.15. The van der Waals surface area contributed by atoms with Crippen LogP contribution in [0.2, 0.25) is 0 Å². The van der Waals surface area contributed by atoms with Crippen molar-refractivity contribution in [1.82, 2.24) is 15.2 Å². The van der Waals surface area contributed by atoms with Crippen molar-refractivity contribution >= 4 is 28.1 Å². The summed E-state index contributed by atoms with van der Waals surface area (Å²) in [6.45, 7) is 1.90. The summed E-state index contributed by atoms with van der Waals surface area (Å²) < 4.78 is 5.00. The molecule has 0 atom stereocenters. The molecule has 8 heteroatoms. The van der Waals surface area contributed by atoms with E-state index in [2.05, 4.69) is 20.5 Å². The van der Waals surface area contributed by atoms with Gasteiger partial charge in [-0.1, -0.05) is 17.2 Å². The molecule has 0 saturated carbocycles. The molecule has 1 amide bonds. The minimum atomic E-state index is -0.290. The summed E-state index contributed by atoms with van der Waals surface area (Å²) in [5, 5.41) is 11.2. The maximum Gasteiger partial charge on any atom is 0.295 e. The molecule has 26 heavy (non-hydrogen) atoms. The molecule has 0 radical (unpaired) electrons. The summed E-state index contributed by atoms with van der Waals surface area (Å²) in [5.41, 5.74) is 4.12. The predicted molar refractivity (Wildman–Crippen MR) is 103 cm³/mol. The molecule has 1 N–H and O–H groups in total. The molecule has 2 heterocycles. The standard InChI is InChI=1S/C18H19N5O2S/c1-11-8-14(12-6-5-7-13(9-12)23(2)3)15(10-19-11)16(24)20-17-21-22-18(25-4)26-17/h5-10H,1-4H3,(H,20,21,24). The summed E-state index contributed by atoms with van der Waals surface area (Å²) in [6, 6.07) is 9.92. The van der Waals surface area contributed by atoms with Crippen molar-refractivity contribution < 1.29 is 9.53 Å². The highest BCUT2D eigenvalue weighted by molar-refractivity contribution is 7.17. The van der Waals surface area contributed by atoms with Gasteiger partial charge >= 0.3 is 0 Å². The van der Waals surface area contributed by atoms with Gasteiger partial charge in [0.05, 0.1) is 12.7 Å². The summed E-state index contributed by atoms with van der Waals surface area (Å²) >= 11 is 1.16. The second-order valence-corrected chi connectivity index (χ2v) is 6.79. The van der Waals surface area contributed by atoms with Gasteiger partial charge in [-0.25, -0.2) is 0 Å². The Labute approximate surface area is 155 Å². The van der Waals surface area contributed by atoms with Crippen LogP contribution in [0.15, 0.2) is 36.5 Å². The van der Waals surface area contributed by atoms with Crippen LogP contribution in [0.25, 0.3) is 11.1 Å². The van der Waals surface area contributed by atoms with Crippen molar-refractivity contribution in [3.05, 3.63) is 47.8 Å². The van der Waals surface area contributed by atoms with Gasteiger partial charge in [-0.15, -0.1) is 5.10 Å². The van der Waals surface area contributed by atoms with Gasteiger partial charge in [0.2, 0.25) is 5.13 Å². The second kappa shape index (κ2) is 7.49. The number of hydrogen-bond donors (Lipinski definition) is 1. The summed E-state index contributed by atoms with van der Waals surface area (Å²) in [5.74, 6) is -0.290. The number of amides is 1. The highest BCUT2D eigenvalue weighted by Gasteiger charge is 2.17. The molecule has 0 fully saturated rings. The van der Waals surface area contributed by atoms with E-state index in [1.165, 1.54) is 7.11 Å². The first-order valence-corrected chi connectivity index (χ1v) is 8.73. The topological polar surface area (TPSA) is 80.2 Å². The summed E-state index contributed by atoms with van der Waals surface area (Å²) in [6.07, 6.45) is 1.58. The third-order valence-corrected chi connectivity index (χ3v) is 4.56. The van der Waals surface area contributed by atoms with E-state index in [9.17, 15) is 4.79 Å². The van der Waals surface area contributed by atoms with Gasteiger partial charge in [0.15, 0.2) is 0 Å². The number of aromatic nitrogens is 3. The van der Waals surface area contributed by atoms with Crippen LogP contribution in [0.5, 0.6) is 5.19 Å². The second-order valence-electron chi connectivity index (χ2n) is 5.85. The van der Waals surface area contributed by atoms with E-state index in [0.29, 0.717) is 15.9 Å². The van der Waals surface area contributed by atoms with E-state index < -0.39 is 0 Å². The lowest BCUT2D eigenvalue weighted by molar-refractivity contribution is 0.102. The molecular weight excluding hydrogens is 350 g/mol. The maximum atomic E-state index is 12.8. The Hall–Kier alpha value is -3.00. The van der Waals surface area contributed by atoms with Gasteiger partial charge in [-0.05, 0) is 47.6 Å². The number of carbonyl (C=O) groups excluding carboxylic acids is 1. The van der Waals surface area contributed by atoms with Crippen molar-refractivity contribution in [2.24, 2.45) is 0 Å². The van der Waals surface area contributed by atoms with Crippen LogP contribution in [0, 0.1) is 6.92 Å². The van der Waals surface area contributed by atoms with Gasteiger partial charge in [-0.3, -0.25) is 15.1 Å². The maximum absolute atomic E-state index is 12.8. The number of methoxy groups -OCH3 is 1. The number of aryl methyl sites for hydroxylation is 1. The molecule has 3 rings (SSSR count). The molecule has 0 aliphatic heterocycles. The Morgan fingerprint density at radius 1 is 1.23 bits per heavy atom. The number of nitrogens with one attached hydrogen (secondary N) is 1. The van der Waals surface area contributed by atoms with Crippen molar-refractivity contribution in [1.29, 1.82) is 0 Å². The number of pyridine rings is 1. The summed E-state index contributed by atoms with van der Waals surface area (Å²) in [7, 11) is 5.46. The largest absolute Gasteiger partial charge is 0.472 e. The number of hydrogen-bond acceptors (Lipinski definition) is 7. The number of benzene rings is 1. The van der Waals surface area contributed by atoms with Gasteiger partial charge in [-0.2, -0.15) is 0 Å². The SMILES string of the molecule is COc1nnc(NC(=O)c2cnc(C)cc2-c2cccc(N(C)C)c2)s1. The van der Waals surface area contributed by atoms with E-state index in [4.69, 9.17) is 4.74 Å². The summed E-state index contributed by atoms with van der Waals surface area (Å²) in [4.78, 5) is 19.1. The van der Waals surface area contributed by atoms with E-state index in [0.717, 1.165) is 33.8 Å². The van der Waals surface area contributed by atoms with Crippen LogP contribution >= 0.6 is 11.3 Å². The molecule has 0 unspecified atom stereocenters. The van der Waals surface area contributed by atoms with Gasteiger partial charge in [0.25, 0.3) is 11.1 Å². The first kappa shape index (κ1) is 17.8. The smallest absolute Gasteiger partial charge is 0.295 e. The van der Waals surface area contributed by atoms with Crippen LogP contribution in [0.3, 0.4) is 0 Å². The fourth-order valence-electron chi connectivity index (χ4n) is 2.44. The molecule has 0 saturated heterocycles. The minimum Gasteiger partial charge on any atom is -0.472 e. The van der Waals surface area contributed by atoms with Crippen LogP contribution in [-0.2, 0) is 0 Å². The molecule has 1 aromatic carbocycles. The zero-order valence-electron chi connectivity index (χ0n) is 15.0.